The lowest BCUT2D eigenvalue weighted by Gasteiger charge is -1.93. The molecule has 2 aromatic rings. The van der Waals surface area contributed by atoms with Crippen molar-refractivity contribution >= 4 is 5.52 Å². The van der Waals surface area contributed by atoms with Crippen LogP contribution in [0.4, 0.5) is 0 Å². The molecule has 3 heteroatoms. The highest BCUT2D eigenvalue weighted by Crippen LogP contribution is 2.08. The first-order valence-corrected chi connectivity index (χ1v) is 4.39. The Morgan fingerprint density at radius 2 is 2.31 bits per heavy atom. The predicted octanol–water partition coefficient (Wildman–Crippen LogP) is 1.36. The van der Waals surface area contributed by atoms with E-state index in [1.54, 1.807) is 0 Å². The number of nitrogens with zero attached hydrogens (tertiary/aromatic N) is 2. The van der Waals surface area contributed by atoms with Gasteiger partial charge in [-0.15, -0.1) is 0 Å². The maximum Gasteiger partial charge on any atom is 0.0772 e. The van der Waals surface area contributed by atoms with Gasteiger partial charge in [-0.1, -0.05) is 0 Å². The van der Waals surface area contributed by atoms with Gasteiger partial charge in [0.1, 0.15) is 0 Å². The van der Waals surface area contributed by atoms with Gasteiger partial charge in [0.15, 0.2) is 0 Å². The van der Waals surface area contributed by atoms with Crippen molar-refractivity contribution in [2.24, 2.45) is 0 Å². The average Bonchev–Trinajstić information content (AvgIpc) is 2.46. The van der Waals surface area contributed by atoms with Crippen LogP contribution in [0.25, 0.3) is 5.52 Å². The van der Waals surface area contributed by atoms with Crippen LogP contribution in [0.15, 0.2) is 24.4 Å². The summed E-state index contributed by atoms with van der Waals surface area (Å²) in [7, 11) is 1.93. The molecule has 0 bridgehead atoms. The average molecular weight is 175 g/mol. The highest BCUT2D eigenvalue weighted by atomic mass is 15.2. The molecule has 2 rings (SSSR count). The first-order chi connectivity index (χ1) is 6.29. The predicted molar refractivity (Wildman–Crippen MR) is 52.7 cm³/mol. The number of hydrogen-bond donors (Lipinski definition) is 1. The molecular weight excluding hydrogens is 162 g/mol. The van der Waals surface area contributed by atoms with Crippen LogP contribution >= 0.6 is 0 Å². The molecule has 0 aromatic carbocycles. The summed E-state index contributed by atoms with van der Waals surface area (Å²) >= 11 is 0. The Balaban J connectivity index is 2.49. The van der Waals surface area contributed by atoms with E-state index in [2.05, 4.69) is 35.5 Å². The summed E-state index contributed by atoms with van der Waals surface area (Å²) in [6.45, 7) is 2.91. The topological polar surface area (TPSA) is 29.3 Å². The first kappa shape index (κ1) is 8.26. The Labute approximate surface area is 77.4 Å². The Hall–Kier alpha value is -1.35. The van der Waals surface area contributed by atoms with E-state index in [-0.39, 0.29) is 0 Å². The van der Waals surface area contributed by atoms with E-state index in [1.165, 1.54) is 5.56 Å². The van der Waals surface area contributed by atoms with Crippen molar-refractivity contribution in [1.29, 1.82) is 0 Å². The molecule has 0 radical (unpaired) electrons. The smallest absolute Gasteiger partial charge is 0.0772 e. The number of nitrogens with one attached hydrogen (secondary N) is 1. The second-order valence-corrected chi connectivity index (χ2v) is 3.24. The van der Waals surface area contributed by atoms with Crippen molar-refractivity contribution < 1.29 is 0 Å². The van der Waals surface area contributed by atoms with Crippen LogP contribution in [-0.4, -0.2) is 16.7 Å². The van der Waals surface area contributed by atoms with Gasteiger partial charge in [-0.3, -0.25) is 0 Å². The Kier molecular flexibility index (Phi) is 2.02. The number of aromatic nitrogens is 2. The van der Waals surface area contributed by atoms with Crippen LogP contribution in [0, 0.1) is 6.92 Å². The summed E-state index contributed by atoms with van der Waals surface area (Å²) in [5.41, 5.74) is 3.50. The third-order valence-electron chi connectivity index (χ3n) is 2.03. The van der Waals surface area contributed by atoms with E-state index >= 15 is 0 Å². The molecule has 0 spiro atoms. The summed E-state index contributed by atoms with van der Waals surface area (Å²) < 4.78 is 1.90. The molecule has 0 unspecified atom stereocenters. The van der Waals surface area contributed by atoms with Gasteiger partial charge in [-0.05, 0) is 37.7 Å². The highest BCUT2D eigenvalue weighted by Gasteiger charge is 1.99. The van der Waals surface area contributed by atoms with Crippen molar-refractivity contribution in [3.05, 3.63) is 35.7 Å². The van der Waals surface area contributed by atoms with Gasteiger partial charge in [0, 0.05) is 12.7 Å². The Morgan fingerprint density at radius 1 is 1.46 bits per heavy atom. The molecule has 2 heterocycles. The fraction of sp³-hybridized carbons (Fsp3) is 0.300. The maximum absolute atomic E-state index is 4.40. The van der Waals surface area contributed by atoms with E-state index < -0.39 is 0 Å². The van der Waals surface area contributed by atoms with Gasteiger partial charge >= 0.3 is 0 Å². The molecule has 68 valence electrons. The Morgan fingerprint density at radius 3 is 3.08 bits per heavy atom. The second kappa shape index (κ2) is 3.18. The van der Waals surface area contributed by atoms with Crippen LogP contribution in [0.3, 0.4) is 0 Å². The van der Waals surface area contributed by atoms with Crippen LogP contribution in [-0.2, 0) is 6.54 Å². The van der Waals surface area contributed by atoms with Crippen molar-refractivity contribution in [2.75, 3.05) is 7.05 Å². The third kappa shape index (κ3) is 1.55. The van der Waals surface area contributed by atoms with Crippen LogP contribution < -0.4 is 5.32 Å². The highest BCUT2D eigenvalue weighted by molar-refractivity contribution is 5.49. The van der Waals surface area contributed by atoms with E-state index in [4.69, 9.17) is 0 Å². The number of rotatable bonds is 2. The molecule has 0 aliphatic heterocycles. The normalized spacial score (nSPS) is 10.9. The van der Waals surface area contributed by atoms with Crippen LogP contribution in [0.5, 0.6) is 0 Å². The largest absolute Gasteiger partial charge is 0.314 e. The number of fused-ring (bicyclic) bond motifs is 1. The minimum absolute atomic E-state index is 0.820. The van der Waals surface area contributed by atoms with Gasteiger partial charge < -0.3 is 5.32 Å². The molecule has 2 aromatic heterocycles. The summed E-state index contributed by atoms with van der Waals surface area (Å²) in [5.74, 6) is 0. The molecule has 0 aliphatic rings. The van der Waals surface area contributed by atoms with E-state index in [9.17, 15) is 0 Å². The minimum atomic E-state index is 0.820. The summed E-state index contributed by atoms with van der Waals surface area (Å²) in [6, 6.07) is 6.29. The first-order valence-electron chi connectivity index (χ1n) is 4.39. The fourth-order valence-electron chi connectivity index (χ4n) is 1.43. The van der Waals surface area contributed by atoms with Gasteiger partial charge in [-0.2, -0.15) is 5.10 Å². The van der Waals surface area contributed by atoms with Crippen LogP contribution in [0.2, 0.25) is 0 Å². The SMILES string of the molecule is CNCc1cc2cc(C)ccn2n1. The lowest BCUT2D eigenvalue weighted by molar-refractivity contribution is 0.770. The molecule has 0 saturated heterocycles. The van der Waals surface area contributed by atoms with E-state index in [1.807, 2.05) is 17.8 Å². The van der Waals surface area contributed by atoms with Crippen molar-refractivity contribution in [1.82, 2.24) is 14.9 Å². The zero-order chi connectivity index (χ0) is 9.26. The molecule has 0 atom stereocenters. The standard InChI is InChI=1S/C10H13N3/c1-8-3-4-13-10(5-8)6-9(12-13)7-11-2/h3-6,11H,7H2,1-2H3. The summed E-state index contributed by atoms with van der Waals surface area (Å²) in [6.07, 6.45) is 1.99. The summed E-state index contributed by atoms with van der Waals surface area (Å²) in [5, 5.41) is 7.48. The lowest BCUT2D eigenvalue weighted by Crippen LogP contribution is -2.05. The molecular formula is C10H13N3. The number of hydrogen-bond acceptors (Lipinski definition) is 2. The van der Waals surface area contributed by atoms with E-state index in [0.717, 1.165) is 17.8 Å². The molecule has 0 aliphatic carbocycles. The zero-order valence-corrected chi connectivity index (χ0v) is 7.91. The Bertz CT molecular complexity index is 417. The second-order valence-electron chi connectivity index (χ2n) is 3.24. The fourth-order valence-corrected chi connectivity index (χ4v) is 1.43. The van der Waals surface area contributed by atoms with E-state index in [0.29, 0.717) is 0 Å². The molecule has 0 saturated carbocycles. The number of pyridine rings is 1. The third-order valence-corrected chi connectivity index (χ3v) is 2.03. The van der Waals surface area contributed by atoms with Crippen LogP contribution in [0.1, 0.15) is 11.3 Å². The van der Waals surface area contributed by atoms with Crippen molar-refractivity contribution in [2.45, 2.75) is 13.5 Å². The van der Waals surface area contributed by atoms with Crippen molar-refractivity contribution in [3.8, 4) is 0 Å². The van der Waals surface area contributed by atoms with Crippen molar-refractivity contribution in [3.63, 3.8) is 0 Å². The van der Waals surface area contributed by atoms with Gasteiger partial charge in [0.2, 0.25) is 0 Å². The molecule has 3 nitrogen and oxygen atoms in total. The molecule has 0 fully saturated rings. The maximum atomic E-state index is 4.40. The van der Waals surface area contributed by atoms with Gasteiger partial charge in [-0.25, -0.2) is 4.52 Å². The van der Waals surface area contributed by atoms with Gasteiger partial charge in [0.25, 0.3) is 0 Å². The molecule has 1 N–H and O–H groups in total. The number of aryl methyl sites for hydroxylation is 1. The monoisotopic (exact) mass is 175 g/mol. The molecule has 13 heavy (non-hydrogen) atoms. The summed E-state index contributed by atoms with van der Waals surface area (Å²) in [4.78, 5) is 0. The van der Waals surface area contributed by atoms with Gasteiger partial charge in [0.05, 0.1) is 11.2 Å². The molecule has 0 amide bonds. The zero-order valence-electron chi connectivity index (χ0n) is 7.91. The quantitative estimate of drug-likeness (QED) is 0.746. The minimum Gasteiger partial charge on any atom is -0.314 e. The lowest BCUT2D eigenvalue weighted by atomic mass is 10.2.